The molecule has 0 bridgehead atoms. The highest BCUT2D eigenvalue weighted by Crippen LogP contribution is 2.40. The third-order valence-corrected chi connectivity index (χ3v) is 14.9. The van der Waals surface area contributed by atoms with E-state index in [0.717, 1.165) is 76.5 Å². The lowest BCUT2D eigenvalue weighted by Crippen LogP contribution is -2.57. The van der Waals surface area contributed by atoms with E-state index < -0.39 is 41.5 Å². The van der Waals surface area contributed by atoms with Crippen LogP contribution in [0.5, 0.6) is 0 Å². The van der Waals surface area contributed by atoms with Gasteiger partial charge in [-0.1, -0.05) is 93.6 Å². The Morgan fingerprint density at radius 2 is 1.54 bits per heavy atom. The van der Waals surface area contributed by atoms with Crippen LogP contribution in [0.4, 0.5) is 0 Å². The third-order valence-electron chi connectivity index (χ3n) is 12.7. The summed E-state index contributed by atoms with van der Waals surface area (Å²) in [6.07, 6.45) is 2.32. The van der Waals surface area contributed by atoms with E-state index in [0.29, 0.717) is 5.82 Å². The topological polar surface area (TPSA) is 181 Å². The number of aromatic nitrogens is 4. The molecule has 2 aliphatic heterocycles. The van der Waals surface area contributed by atoms with E-state index in [-0.39, 0.29) is 37.3 Å². The van der Waals surface area contributed by atoms with Gasteiger partial charge < -0.3 is 25.4 Å². The molecule has 68 heavy (non-hydrogen) atoms. The number of nitrogens with one attached hydrogen (secondary N) is 2. The number of thiophene rings is 1. The van der Waals surface area contributed by atoms with E-state index in [4.69, 9.17) is 9.73 Å². The maximum atomic E-state index is 14.2. The van der Waals surface area contributed by atoms with E-state index in [1.165, 1.54) is 18.1 Å². The van der Waals surface area contributed by atoms with Crippen LogP contribution in [0.1, 0.15) is 103 Å². The molecule has 8 rings (SSSR count). The van der Waals surface area contributed by atoms with Crippen LogP contribution >= 0.6 is 22.7 Å². The number of β-amino-alcohol motifs (C(OH)–C–C–N with tert-alkyl or cyclic N) is 1. The average molecular weight is 953 g/mol. The number of aliphatic hydroxyl groups is 1. The van der Waals surface area contributed by atoms with E-state index in [1.807, 2.05) is 124 Å². The standard InChI is InChI=1S/C52H56N8O6S2/c1-28-31(4)68-51-44(28)45(55-40(25-43(63)66-9)48-58-57-32(5)60(48)51)37-19-17-36(18-20-37)35-13-10-33(11-14-35)12-23-42(62)56-47(52(6,7)8)50(65)59-26-39(61)24-41(59)49(64)54-29(2)34-15-21-38(22-16-34)46-30(3)53-27-67-46/h10-23,27,29,39-41,47,61H,24-26H2,1-9H3,(H,54,64)(H,56,62)/b23-12+/t29-,39+,40-,41-,47?/m0/s1. The number of fused-ring (bicyclic) bond motifs is 3. The Bertz CT molecular complexity index is 2930. The van der Waals surface area contributed by atoms with Gasteiger partial charge in [0, 0.05) is 35.0 Å². The van der Waals surface area contributed by atoms with Gasteiger partial charge >= 0.3 is 5.97 Å². The molecule has 352 valence electrons. The molecule has 0 saturated carbocycles. The minimum atomic E-state index is -0.975. The Kier molecular flexibility index (Phi) is 13.8. The molecular weight excluding hydrogens is 897 g/mol. The Balaban J connectivity index is 0.928. The second-order valence-corrected chi connectivity index (χ2v) is 20.6. The number of carbonyl (C=O) groups is 4. The Morgan fingerprint density at radius 1 is 0.897 bits per heavy atom. The SMILES string of the molecule is COC(=O)C[C@@H]1N=C(c2ccc(-c3ccc(/C=C/C(=O)NC(C(=O)N4C[C@H](O)C[C@H]4C(=O)N[C@@H](C)c4ccc(-c5scnc5C)cc4)C(C)(C)C)cc3)cc2)c2c(sc(C)c2C)-n2c(C)nnc21. The van der Waals surface area contributed by atoms with Gasteiger partial charge in [0.1, 0.15) is 29.0 Å². The van der Waals surface area contributed by atoms with Gasteiger partial charge in [0.15, 0.2) is 5.82 Å². The monoisotopic (exact) mass is 952 g/mol. The predicted octanol–water partition coefficient (Wildman–Crippen LogP) is 8.19. The van der Waals surface area contributed by atoms with Gasteiger partial charge in [0.25, 0.3) is 0 Å². The molecule has 3 N–H and O–H groups in total. The Labute approximate surface area is 404 Å². The minimum absolute atomic E-state index is 0.0208. The van der Waals surface area contributed by atoms with Crippen molar-refractivity contribution >= 4 is 58.2 Å². The fourth-order valence-electron chi connectivity index (χ4n) is 8.75. The second kappa shape index (κ2) is 19.5. The quantitative estimate of drug-likeness (QED) is 0.0805. The zero-order valence-electron chi connectivity index (χ0n) is 39.7. The van der Waals surface area contributed by atoms with E-state index in [9.17, 15) is 24.3 Å². The predicted molar refractivity (Wildman–Crippen MR) is 266 cm³/mol. The van der Waals surface area contributed by atoms with Gasteiger partial charge in [-0.2, -0.15) is 0 Å². The first-order chi connectivity index (χ1) is 32.4. The summed E-state index contributed by atoms with van der Waals surface area (Å²) in [5.41, 5.74) is 10.5. The molecule has 5 atom stereocenters. The first-order valence-corrected chi connectivity index (χ1v) is 24.3. The molecule has 1 saturated heterocycles. The number of rotatable bonds is 12. The number of ether oxygens (including phenoxy) is 1. The maximum Gasteiger partial charge on any atom is 0.308 e. The number of nitrogens with zero attached hydrogens (tertiary/aromatic N) is 6. The fourth-order valence-corrected chi connectivity index (χ4v) is 10.8. The second-order valence-electron chi connectivity index (χ2n) is 18.5. The van der Waals surface area contributed by atoms with Crippen molar-refractivity contribution in [1.82, 2.24) is 35.3 Å². The van der Waals surface area contributed by atoms with E-state index >= 15 is 0 Å². The van der Waals surface area contributed by atoms with Gasteiger partial charge in [-0.25, -0.2) is 4.98 Å². The summed E-state index contributed by atoms with van der Waals surface area (Å²) in [6.45, 7) is 15.5. The zero-order chi connectivity index (χ0) is 48.6. The molecule has 2 aliphatic rings. The zero-order valence-corrected chi connectivity index (χ0v) is 41.3. The van der Waals surface area contributed by atoms with Crippen LogP contribution < -0.4 is 10.6 Å². The highest BCUT2D eigenvalue weighted by molar-refractivity contribution is 7.15. The smallest absolute Gasteiger partial charge is 0.308 e. The number of benzene rings is 3. The van der Waals surface area contributed by atoms with Crippen LogP contribution in [-0.2, 0) is 23.9 Å². The number of thiazole rings is 1. The maximum absolute atomic E-state index is 14.2. The number of aliphatic imine (C=N–C) groups is 1. The fraction of sp³-hybridized carbons (Fsp3) is 0.346. The number of amides is 3. The molecule has 1 unspecified atom stereocenters. The lowest BCUT2D eigenvalue weighted by atomic mass is 9.85. The van der Waals surface area contributed by atoms with Crippen molar-refractivity contribution in [1.29, 1.82) is 0 Å². The summed E-state index contributed by atoms with van der Waals surface area (Å²) in [4.78, 5) is 67.2. The van der Waals surface area contributed by atoms with Crippen molar-refractivity contribution in [2.45, 2.75) is 98.5 Å². The minimum Gasteiger partial charge on any atom is -0.469 e. The van der Waals surface area contributed by atoms with Crippen LogP contribution in [0.25, 0.3) is 32.6 Å². The summed E-state index contributed by atoms with van der Waals surface area (Å²) < 4.78 is 7.04. The molecule has 3 amide bonds. The number of carbonyl (C=O) groups excluding carboxylic acids is 4. The number of aliphatic hydroxyl groups excluding tert-OH is 1. The van der Waals surface area contributed by atoms with E-state index in [2.05, 4.69) is 39.7 Å². The summed E-state index contributed by atoms with van der Waals surface area (Å²) in [5.74, 6) is -0.337. The van der Waals surface area contributed by atoms with Crippen molar-refractivity contribution in [3.8, 4) is 26.6 Å². The molecule has 1 fully saturated rings. The molecule has 0 aliphatic carbocycles. The van der Waals surface area contributed by atoms with Gasteiger partial charge in [0.2, 0.25) is 17.7 Å². The van der Waals surface area contributed by atoms with Crippen molar-refractivity contribution < 1.29 is 29.0 Å². The molecule has 0 radical (unpaired) electrons. The molecule has 6 aromatic rings. The average Bonchev–Trinajstić information content (AvgIpc) is 4.09. The molecular formula is C52H56N8O6S2. The number of aryl methyl sites for hydroxylation is 3. The van der Waals surface area contributed by atoms with E-state index in [1.54, 1.807) is 28.7 Å². The Hall–Kier alpha value is -6.62. The summed E-state index contributed by atoms with van der Waals surface area (Å²) in [5, 5.41) is 26.4. The summed E-state index contributed by atoms with van der Waals surface area (Å²) in [7, 11) is 1.37. The first kappa shape index (κ1) is 47.9. The number of likely N-dealkylation sites (tertiary alicyclic amines) is 1. The molecule has 3 aromatic carbocycles. The normalized spacial score (nSPS) is 17.8. The lowest BCUT2D eigenvalue weighted by molar-refractivity contribution is -0.143. The van der Waals surface area contributed by atoms with Crippen LogP contribution in [0, 0.1) is 33.1 Å². The summed E-state index contributed by atoms with van der Waals surface area (Å²) in [6, 6.07) is 21.1. The number of esters is 1. The number of hydrogen-bond donors (Lipinski definition) is 3. The van der Waals surface area contributed by atoms with Crippen LogP contribution in [0.3, 0.4) is 0 Å². The highest BCUT2D eigenvalue weighted by Gasteiger charge is 2.44. The van der Waals surface area contributed by atoms with Crippen molar-refractivity contribution in [2.24, 2.45) is 10.4 Å². The molecule has 3 aromatic heterocycles. The highest BCUT2D eigenvalue weighted by atomic mass is 32.1. The summed E-state index contributed by atoms with van der Waals surface area (Å²) >= 11 is 3.23. The number of hydrogen-bond acceptors (Lipinski definition) is 12. The van der Waals surface area contributed by atoms with Crippen molar-refractivity contribution in [3.05, 3.63) is 134 Å². The van der Waals surface area contributed by atoms with Crippen molar-refractivity contribution in [2.75, 3.05) is 13.7 Å². The lowest BCUT2D eigenvalue weighted by Gasteiger charge is -2.35. The van der Waals surface area contributed by atoms with Crippen LogP contribution in [0.15, 0.2) is 89.4 Å². The van der Waals surface area contributed by atoms with Crippen LogP contribution in [0.2, 0.25) is 0 Å². The molecule has 5 heterocycles. The molecule has 16 heteroatoms. The van der Waals surface area contributed by atoms with Gasteiger partial charge in [-0.15, -0.1) is 32.9 Å². The van der Waals surface area contributed by atoms with Crippen molar-refractivity contribution in [3.63, 3.8) is 0 Å². The largest absolute Gasteiger partial charge is 0.469 e. The molecule has 14 nitrogen and oxygen atoms in total. The van der Waals surface area contributed by atoms with Gasteiger partial charge in [0.05, 0.1) is 47.5 Å². The van der Waals surface area contributed by atoms with Crippen LogP contribution in [-0.4, -0.2) is 91.0 Å². The molecule has 0 spiro atoms. The van der Waals surface area contributed by atoms with Gasteiger partial charge in [-0.05, 0) is 79.5 Å². The number of methoxy groups -OCH3 is 1. The first-order valence-electron chi connectivity index (χ1n) is 22.6. The third kappa shape index (κ3) is 9.84. The van der Waals surface area contributed by atoms with Gasteiger partial charge in [-0.3, -0.25) is 28.7 Å². The Morgan fingerprint density at radius 3 is 2.18 bits per heavy atom.